The average Bonchev–Trinajstić information content (AvgIpc) is 3.33. The maximum atomic E-state index is 12.8. The second-order valence-corrected chi connectivity index (χ2v) is 8.97. The molecule has 3 aliphatic rings. The summed E-state index contributed by atoms with van der Waals surface area (Å²) in [6.45, 7) is 10.6. The first-order valence-electron chi connectivity index (χ1n) is 11.3. The zero-order valence-electron chi connectivity index (χ0n) is 17.9. The van der Waals surface area contributed by atoms with Gasteiger partial charge in [-0.25, -0.2) is 0 Å². The molecule has 1 amide bonds. The van der Waals surface area contributed by atoms with E-state index in [1.807, 2.05) is 12.1 Å². The summed E-state index contributed by atoms with van der Waals surface area (Å²) >= 11 is 0. The first-order chi connectivity index (χ1) is 14.1. The molecule has 1 aromatic carbocycles. The Morgan fingerprint density at radius 2 is 1.86 bits per heavy atom. The molecule has 6 heteroatoms. The number of amides is 1. The summed E-state index contributed by atoms with van der Waals surface area (Å²) in [5.74, 6) is 1.98. The average molecular weight is 402 g/mol. The lowest BCUT2D eigenvalue weighted by Crippen LogP contribution is -2.41. The molecule has 3 heterocycles. The van der Waals surface area contributed by atoms with E-state index >= 15 is 0 Å². The molecule has 2 atom stereocenters. The zero-order chi connectivity index (χ0) is 20.2. The normalized spacial score (nSPS) is 23.9. The van der Waals surface area contributed by atoms with Gasteiger partial charge in [0.25, 0.3) is 0 Å². The van der Waals surface area contributed by atoms with Gasteiger partial charge in [-0.2, -0.15) is 0 Å². The standard InChI is InChI=1S/C23H35N3O3/c1-17(2)23(18-6-7-20-21(14-18)29-13-5-12-28-20)24-22(27)16-25-11-8-19(15-25)26-9-3-4-10-26/h6-7,14,17,19,23H,3-5,8-13,15-16H2,1-2H3,(H,24,27). The summed E-state index contributed by atoms with van der Waals surface area (Å²) in [5.41, 5.74) is 1.08. The minimum absolute atomic E-state index is 0.0309. The van der Waals surface area contributed by atoms with Crippen molar-refractivity contribution >= 4 is 5.91 Å². The molecule has 1 N–H and O–H groups in total. The smallest absolute Gasteiger partial charge is 0.234 e. The summed E-state index contributed by atoms with van der Waals surface area (Å²) in [6, 6.07) is 6.66. The fourth-order valence-electron chi connectivity index (χ4n) is 4.79. The molecule has 0 spiro atoms. The summed E-state index contributed by atoms with van der Waals surface area (Å²) < 4.78 is 11.6. The van der Waals surface area contributed by atoms with Crippen LogP contribution in [0.2, 0.25) is 0 Å². The van der Waals surface area contributed by atoms with E-state index in [9.17, 15) is 4.79 Å². The molecule has 1 aromatic rings. The maximum Gasteiger partial charge on any atom is 0.234 e. The van der Waals surface area contributed by atoms with E-state index in [0.717, 1.165) is 36.6 Å². The molecular formula is C23H35N3O3. The van der Waals surface area contributed by atoms with Crippen LogP contribution in [0.1, 0.15) is 51.1 Å². The van der Waals surface area contributed by atoms with Gasteiger partial charge >= 0.3 is 0 Å². The maximum absolute atomic E-state index is 12.8. The number of rotatable bonds is 6. The monoisotopic (exact) mass is 401 g/mol. The number of carbonyl (C=O) groups excluding carboxylic acids is 1. The van der Waals surface area contributed by atoms with Crippen molar-refractivity contribution in [2.24, 2.45) is 5.92 Å². The number of benzene rings is 1. The van der Waals surface area contributed by atoms with E-state index in [-0.39, 0.29) is 11.9 Å². The lowest BCUT2D eigenvalue weighted by molar-refractivity contribution is -0.123. The van der Waals surface area contributed by atoms with E-state index in [2.05, 4.69) is 35.0 Å². The van der Waals surface area contributed by atoms with Gasteiger partial charge in [-0.3, -0.25) is 14.6 Å². The molecule has 2 saturated heterocycles. The fraction of sp³-hybridized carbons (Fsp3) is 0.696. The molecule has 0 aliphatic carbocycles. The Bertz CT molecular complexity index is 703. The van der Waals surface area contributed by atoms with Gasteiger partial charge in [0.05, 0.1) is 25.8 Å². The summed E-state index contributed by atoms with van der Waals surface area (Å²) in [7, 11) is 0. The van der Waals surface area contributed by atoms with Gasteiger partial charge in [0.15, 0.2) is 11.5 Å². The highest BCUT2D eigenvalue weighted by Gasteiger charge is 2.30. The number of hydrogen-bond donors (Lipinski definition) is 1. The fourth-order valence-corrected chi connectivity index (χ4v) is 4.79. The third-order valence-corrected chi connectivity index (χ3v) is 6.39. The Morgan fingerprint density at radius 3 is 2.62 bits per heavy atom. The Morgan fingerprint density at radius 1 is 1.10 bits per heavy atom. The number of nitrogens with zero attached hydrogens (tertiary/aromatic N) is 2. The predicted octanol–water partition coefficient (Wildman–Crippen LogP) is 2.83. The SMILES string of the molecule is CC(C)C(NC(=O)CN1CCC(N2CCCC2)C1)c1ccc2c(c1)OCCCO2. The number of hydrogen-bond acceptors (Lipinski definition) is 5. The van der Waals surface area contributed by atoms with Crippen LogP contribution in [0.25, 0.3) is 0 Å². The van der Waals surface area contributed by atoms with Crippen molar-refractivity contribution in [3.8, 4) is 11.5 Å². The summed E-state index contributed by atoms with van der Waals surface area (Å²) in [5, 5.41) is 3.28. The molecule has 2 fully saturated rings. The van der Waals surface area contributed by atoms with Crippen molar-refractivity contribution in [1.82, 2.24) is 15.1 Å². The van der Waals surface area contributed by atoms with Crippen molar-refractivity contribution in [3.63, 3.8) is 0 Å². The van der Waals surface area contributed by atoms with Crippen molar-refractivity contribution in [2.45, 2.75) is 51.6 Å². The lowest BCUT2D eigenvalue weighted by Gasteiger charge is -2.26. The second-order valence-electron chi connectivity index (χ2n) is 8.97. The van der Waals surface area contributed by atoms with Gasteiger partial charge in [-0.1, -0.05) is 19.9 Å². The van der Waals surface area contributed by atoms with Crippen molar-refractivity contribution in [1.29, 1.82) is 0 Å². The third-order valence-electron chi connectivity index (χ3n) is 6.39. The minimum atomic E-state index is -0.0309. The van der Waals surface area contributed by atoms with Gasteiger partial charge in [0.2, 0.25) is 5.91 Å². The molecule has 160 valence electrons. The van der Waals surface area contributed by atoms with Crippen LogP contribution in [0.15, 0.2) is 18.2 Å². The molecule has 0 aromatic heterocycles. The largest absolute Gasteiger partial charge is 0.490 e. The highest BCUT2D eigenvalue weighted by molar-refractivity contribution is 5.78. The molecule has 2 unspecified atom stereocenters. The number of likely N-dealkylation sites (tertiary alicyclic amines) is 2. The van der Waals surface area contributed by atoms with Crippen LogP contribution in [0.4, 0.5) is 0 Å². The Kier molecular flexibility index (Phi) is 6.60. The number of fused-ring (bicyclic) bond motifs is 1. The summed E-state index contributed by atoms with van der Waals surface area (Å²) in [4.78, 5) is 17.7. The zero-order valence-corrected chi connectivity index (χ0v) is 17.9. The van der Waals surface area contributed by atoms with Gasteiger partial charge in [-0.15, -0.1) is 0 Å². The highest BCUT2D eigenvalue weighted by Crippen LogP contribution is 2.34. The third kappa shape index (κ3) is 5.04. The molecular weight excluding hydrogens is 366 g/mol. The first-order valence-corrected chi connectivity index (χ1v) is 11.3. The second kappa shape index (κ2) is 9.35. The number of ether oxygens (including phenoxy) is 2. The molecule has 3 aliphatic heterocycles. The van der Waals surface area contributed by atoms with E-state index < -0.39 is 0 Å². The first kappa shape index (κ1) is 20.5. The van der Waals surface area contributed by atoms with Crippen molar-refractivity contribution in [2.75, 3.05) is 45.9 Å². The van der Waals surface area contributed by atoms with Gasteiger partial charge in [0.1, 0.15) is 0 Å². The van der Waals surface area contributed by atoms with Crippen LogP contribution in [0.3, 0.4) is 0 Å². The van der Waals surface area contributed by atoms with Crippen LogP contribution in [0, 0.1) is 5.92 Å². The predicted molar refractivity (Wildman–Crippen MR) is 113 cm³/mol. The lowest BCUT2D eigenvalue weighted by atomic mass is 9.95. The highest BCUT2D eigenvalue weighted by atomic mass is 16.5. The quantitative estimate of drug-likeness (QED) is 0.794. The topological polar surface area (TPSA) is 54.0 Å². The van der Waals surface area contributed by atoms with Crippen molar-refractivity contribution in [3.05, 3.63) is 23.8 Å². The minimum Gasteiger partial charge on any atom is -0.490 e. The molecule has 0 saturated carbocycles. The Labute approximate surface area is 174 Å². The van der Waals surface area contributed by atoms with Crippen LogP contribution < -0.4 is 14.8 Å². The van der Waals surface area contributed by atoms with Crippen molar-refractivity contribution < 1.29 is 14.3 Å². The van der Waals surface area contributed by atoms with E-state index in [1.165, 1.54) is 32.4 Å². The van der Waals surface area contributed by atoms with E-state index in [4.69, 9.17) is 9.47 Å². The molecule has 29 heavy (non-hydrogen) atoms. The van der Waals surface area contributed by atoms with Gasteiger partial charge in [-0.05, 0) is 56.0 Å². The van der Waals surface area contributed by atoms with Gasteiger partial charge in [0, 0.05) is 25.6 Å². The molecule has 6 nitrogen and oxygen atoms in total. The van der Waals surface area contributed by atoms with Crippen LogP contribution in [-0.4, -0.2) is 67.7 Å². The van der Waals surface area contributed by atoms with Crippen LogP contribution in [-0.2, 0) is 4.79 Å². The number of nitrogens with one attached hydrogen (secondary N) is 1. The van der Waals surface area contributed by atoms with Crippen LogP contribution >= 0.6 is 0 Å². The van der Waals surface area contributed by atoms with E-state index in [0.29, 0.717) is 31.7 Å². The van der Waals surface area contributed by atoms with E-state index in [1.54, 1.807) is 0 Å². The Hall–Kier alpha value is -1.79. The van der Waals surface area contributed by atoms with Crippen LogP contribution in [0.5, 0.6) is 11.5 Å². The number of carbonyl (C=O) groups is 1. The molecule has 4 rings (SSSR count). The van der Waals surface area contributed by atoms with Gasteiger partial charge < -0.3 is 14.8 Å². The molecule has 0 bridgehead atoms. The Balaban J connectivity index is 1.36. The molecule has 0 radical (unpaired) electrons. The summed E-state index contributed by atoms with van der Waals surface area (Å²) in [6.07, 6.45) is 4.72.